The van der Waals surface area contributed by atoms with Gasteiger partial charge in [0.05, 0.1) is 0 Å². The second-order valence-corrected chi connectivity index (χ2v) is 7.46. The van der Waals surface area contributed by atoms with E-state index in [-0.39, 0.29) is 5.75 Å². The lowest BCUT2D eigenvalue weighted by atomic mass is 9.94. The van der Waals surface area contributed by atoms with Crippen LogP contribution in [0.2, 0.25) is 0 Å². The minimum atomic E-state index is 0.273. The molecule has 0 radical (unpaired) electrons. The van der Waals surface area contributed by atoms with Gasteiger partial charge in [0, 0.05) is 6.42 Å². The third-order valence-electron chi connectivity index (χ3n) is 5.15. The van der Waals surface area contributed by atoms with Crippen molar-refractivity contribution in [1.29, 1.82) is 0 Å². The quantitative estimate of drug-likeness (QED) is 0.596. The summed E-state index contributed by atoms with van der Waals surface area (Å²) in [5.41, 5.74) is 7.63. The molecule has 3 aromatic carbocycles. The highest BCUT2D eigenvalue weighted by Crippen LogP contribution is 2.30. The molecular formula is C24H26O3. The summed E-state index contributed by atoms with van der Waals surface area (Å²) in [4.78, 5) is 0. The summed E-state index contributed by atoms with van der Waals surface area (Å²) in [6.07, 6.45) is 1.27. The largest absolute Gasteiger partial charge is 0.508 e. The van der Waals surface area contributed by atoms with Crippen LogP contribution in [-0.4, -0.2) is 15.3 Å². The highest BCUT2D eigenvalue weighted by molar-refractivity contribution is 5.48. The molecule has 0 bridgehead atoms. The predicted molar refractivity (Wildman–Crippen MR) is 109 cm³/mol. The number of phenolic OH excluding ortho intramolecular Hbond substituents is 3. The molecule has 0 aliphatic heterocycles. The maximum absolute atomic E-state index is 10.5. The van der Waals surface area contributed by atoms with E-state index in [4.69, 9.17) is 0 Å². The Bertz CT molecular complexity index is 980. The minimum Gasteiger partial charge on any atom is -0.508 e. The Kier molecular flexibility index (Phi) is 5.13. The van der Waals surface area contributed by atoms with E-state index in [0.717, 1.165) is 44.5 Å². The van der Waals surface area contributed by atoms with Crippen molar-refractivity contribution in [2.45, 2.75) is 40.5 Å². The summed E-state index contributed by atoms with van der Waals surface area (Å²) in [7, 11) is 0. The molecule has 0 atom stereocenters. The van der Waals surface area contributed by atoms with E-state index >= 15 is 0 Å². The van der Waals surface area contributed by atoms with Crippen LogP contribution in [0.5, 0.6) is 17.2 Å². The van der Waals surface area contributed by atoms with Crippen molar-refractivity contribution in [3.05, 3.63) is 87.0 Å². The average Bonchev–Trinajstić information content (AvgIpc) is 2.60. The monoisotopic (exact) mass is 362 g/mol. The van der Waals surface area contributed by atoms with Crippen molar-refractivity contribution >= 4 is 0 Å². The van der Waals surface area contributed by atoms with Crippen LogP contribution in [0.1, 0.15) is 44.5 Å². The lowest BCUT2D eigenvalue weighted by Gasteiger charge is -2.13. The molecule has 3 aromatic rings. The molecule has 0 saturated heterocycles. The molecule has 3 N–H and O–H groups in total. The first-order valence-corrected chi connectivity index (χ1v) is 9.13. The van der Waals surface area contributed by atoms with Crippen LogP contribution < -0.4 is 0 Å². The number of benzene rings is 3. The molecule has 3 heteroatoms. The van der Waals surface area contributed by atoms with Gasteiger partial charge in [-0.05, 0) is 90.8 Å². The molecule has 3 nitrogen and oxygen atoms in total. The molecule has 0 aliphatic rings. The Labute approximate surface area is 160 Å². The van der Waals surface area contributed by atoms with E-state index in [0.29, 0.717) is 24.3 Å². The number of aryl methyl sites for hydroxylation is 4. The molecule has 3 rings (SSSR count). The molecule has 0 aliphatic carbocycles. The Morgan fingerprint density at radius 3 is 1.81 bits per heavy atom. The van der Waals surface area contributed by atoms with Gasteiger partial charge in [-0.2, -0.15) is 0 Å². The van der Waals surface area contributed by atoms with E-state index in [9.17, 15) is 15.3 Å². The SMILES string of the molecule is Cc1ccc(Cc2cc(O)c(Cc3cc(C)c(O)c(C)c3)cc2C)cc1O. The van der Waals surface area contributed by atoms with Crippen molar-refractivity contribution in [3.63, 3.8) is 0 Å². The highest BCUT2D eigenvalue weighted by Gasteiger charge is 2.11. The van der Waals surface area contributed by atoms with Gasteiger partial charge in [-0.3, -0.25) is 0 Å². The summed E-state index contributed by atoms with van der Waals surface area (Å²) in [6.45, 7) is 7.69. The van der Waals surface area contributed by atoms with E-state index in [1.165, 1.54) is 0 Å². The van der Waals surface area contributed by atoms with Crippen molar-refractivity contribution in [2.24, 2.45) is 0 Å². The molecule has 0 saturated carbocycles. The third kappa shape index (κ3) is 4.08. The molecule has 0 aromatic heterocycles. The Morgan fingerprint density at radius 2 is 1.19 bits per heavy atom. The predicted octanol–water partition coefficient (Wildman–Crippen LogP) is 5.22. The Morgan fingerprint density at radius 1 is 0.556 bits per heavy atom. The fourth-order valence-electron chi connectivity index (χ4n) is 3.48. The van der Waals surface area contributed by atoms with Gasteiger partial charge < -0.3 is 15.3 Å². The van der Waals surface area contributed by atoms with Gasteiger partial charge in [-0.1, -0.05) is 30.3 Å². The van der Waals surface area contributed by atoms with Crippen molar-refractivity contribution in [3.8, 4) is 17.2 Å². The minimum absolute atomic E-state index is 0.273. The normalized spacial score (nSPS) is 11.0. The molecule has 0 spiro atoms. The first-order chi connectivity index (χ1) is 12.7. The zero-order chi connectivity index (χ0) is 19.7. The van der Waals surface area contributed by atoms with Gasteiger partial charge in [-0.15, -0.1) is 0 Å². The number of rotatable bonds is 4. The van der Waals surface area contributed by atoms with Crippen LogP contribution in [0.15, 0.2) is 42.5 Å². The molecular weight excluding hydrogens is 336 g/mol. The fourth-order valence-corrected chi connectivity index (χ4v) is 3.48. The van der Waals surface area contributed by atoms with Gasteiger partial charge in [0.1, 0.15) is 17.2 Å². The van der Waals surface area contributed by atoms with Crippen LogP contribution in [0.25, 0.3) is 0 Å². The molecule has 140 valence electrons. The lowest BCUT2D eigenvalue weighted by Crippen LogP contribution is -1.97. The third-order valence-corrected chi connectivity index (χ3v) is 5.15. The van der Waals surface area contributed by atoms with Crippen molar-refractivity contribution < 1.29 is 15.3 Å². The Balaban J connectivity index is 1.87. The van der Waals surface area contributed by atoms with Gasteiger partial charge in [0.2, 0.25) is 0 Å². The van der Waals surface area contributed by atoms with Crippen molar-refractivity contribution in [2.75, 3.05) is 0 Å². The van der Waals surface area contributed by atoms with Crippen LogP contribution in [0, 0.1) is 27.7 Å². The topological polar surface area (TPSA) is 60.7 Å². The van der Waals surface area contributed by atoms with Gasteiger partial charge in [0.25, 0.3) is 0 Å². The Hall–Kier alpha value is -2.94. The second kappa shape index (κ2) is 7.36. The fraction of sp³-hybridized carbons (Fsp3) is 0.250. The summed E-state index contributed by atoms with van der Waals surface area (Å²) in [5.74, 6) is 0.898. The van der Waals surface area contributed by atoms with E-state index in [1.807, 2.05) is 64.1 Å². The standard InChI is InChI=1S/C24H26O3/c1-14-5-6-18(12-22(14)25)10-20-13-23(26)21(9-15(20)2)11-19-7-16(3)24(27)17(4)8-19/h5-9,12-13,25-27H,10-11H2,1-4H3. The smallest absolute Gasteiger partial charge is 0.121 e. The van der Waals surface area contributed by atoms with Gasteiger partial charge >= 0.3 is 0 Å². The van der Waals surface area contributed by atoms with E-state index in [1.54, 1.807) is 6.07 Å². The molecule has 0 amide bonds. The van der Waals surface area contributed by atoms with Crippen LogP contribution in [0.4, 0.5) is 0 Å². The summed E-state index contributed by atoms with van der Waals surface area (Å²) >= 11 is 0. The van der Waals surface area contributed by atoms with Crippen LogP contribution >= 0.6 is 0 Å². The van der Waals surface area contributed by atoms with Crippen LogP contribution in [-0.2, 0) is 12.8 Å². The number of phenols is 3. The summed E-state index contributed by atoms with van der Waals surface area (Å²) < 4.78 is 0. The number of aromatic hydroxyl groups is 3. The first kappa shape index (κ1) is 18.8. The lowest BCUT2D eigenvalue weighted by molar-refractivity contribution is 0.466. The second-order valence-electron chi connectivity index (χ2n) is 7.46. The zero-order valence-electron chi connectivity index (χ0n) is 16.3. The summed E-state index contributed by atoms with van der Waals surface area (Å²) in [5, 5.41) is 30.4. The van der Waals surface area contributed by atoms with Crippen molar-refractivity contribution in [1.82, 2.24) is 0 Å². The maximum Gasteiger partial charge on any atom is 0.121 e. The molecule has 27 heavy (non-hydrogen) atoms. The highest BCUT2D eigenvalue weighted by atomic mass is 16.3. The molecule has 0 heterocycles. The van der Waals surface area contributed by atoms with Gasteiger partial charge in [-0.25, -0.2) is 0 Å². The van der Waals surface area contributed by atoms with E-state index in [2.05, 4.69) is 0 Å². The van der Waals surface area contributed by atoms with E-state index < -0.39 is 0 Å². The zero-order valence-corrected chi connectivity index (χ0v) is 16.3. The molecule has 0 fully saturated rings. The first-order valence-electron chi connectivity index (χ1n) is 9.13. The summed E-state index contributed by atoms with van der Waals surface area (Å²) in [6, 6.07) is 13.4. The average molecular weight is 362 g/mol. The molecule has 0 unspecified atom stereocenters. The van der Waals surface area contributed by atoms with Crippen LogP contribution in [0.3, 0.4) is 0 Å². The number of hydrogen-bond acceptors (Lipinski definition) is 3. The number of hydrogen-bond donors (Lipinski definition) is 3. The van der Waals surface area contributed by atoms with Gasteiger partial charge in [0.15, 0.2) is 0 Å². The maximum atomic E-state index is 10.5.